The van der Waals surface area contributed by atoms with Gasteiger partial charge in [-0.1, -0.05) is 18.0 Å². The third-order valence-electron chi connectivity index (χ3n) is 3.83. The van der Waals surface area contributed by atoms with Crippen molar-refractivity contribution in [3.63, 3.8) is 0 Å². The summed E-state index contributed by atoms with van der Waals surface area (Å²) < 4.78 is 14.2. The topological polar surface area (TPSA) is 24.9 Å². The molecular weight excluding hydrogens is 263 g/mol. The Hall–Kier alpha value is -1.35. The number of benzene rings is 1. The van der Waals surface area contributed by atoms with E-state index >= 15 is 0 Å². The molecule has 1 aliphatic rings. The first-order chi connectivity index (χ1) is 9.22. The van der Waals surface area contributed by atoms with Crippen molar-refractivity contribution in [3.05, 3.63) is 34.2 Å². The van der Waals surface area contributed by atoms with Gasteiger partial charge in [-0.25, -0.2) is 9.37 Å². The maximum atomic E-state index is 14.2. The predicted molar refractivity (Wildman–Crippen MR) is 77.5 cm³/mol. The molecule has 1 aromatic heterocycles. The Labute approximate surface area is 117 Å². The monoisotopic (exact) mass is 278 g/mol. The molecule has 19 heavy (non-hydrogen) atoms. The summed E-state index contributed by atoms with van der Waals surface area (Å²) in [6.07, 6.45) is 5.44. The van der Waals surface area contributed by atoms with Crippen LogP contribution in [-0.4, -0.2) is 12.0 Å². The van der Waals surface area contributed by atoms with Gasteiger partial charge >= 0.3 is 0 Å². The minimum absolute atomic E-state index is 0.135. The lowest BCUT2D eigenvalue weighted by atomic mass is 10.0. The summed E-state index contributed by atoms with van der Waals surface area (Å²) in [5, 5.41) is 4.18. The highest BCUT2D eigenvalue weighted by molar-refractivity contribution is 6.31. The van der Waals surface area contributed by atoms with Crippen LogP contribution in [-0.2, 0) is 12.8 Å². The normalized spacial score (nSPS) is 15.1. The molecule has 2 nitrogen and oxygen atoms in total. The van der Waals surface area contributed by atoms with Crippen molar-refractivity contribution in [1.29, 1.82) is 0 Å². The summed E-state index contributed by atoms with van der Waals surface area (Å²) in [4.78, 5) is 4.55. The number of pyridine rings is 1. The molecule has 1 aromatic carbocycles. The molecule has 0 fully saturated rings. The van der Waals surface area contributed by atoms with E-state index in [0.717, 1.165) is 36.0 Å². The van der Waals surface area contributed by atoms with E-state index in [2.05, 4.69) is 10.3 Å². The largest absolute Gasteiger partial charge is 0.387 e. The molecule has 0 bridgehead atoms. The zero-order chi connectivity index (χ0) is 13.4. The van der Waals surface area contributed by atoms with Gasteiger partial charge in [0, 0.05) is 23.8 Å². The smallest absolute Gasteiger partial charge is 0.168 e. The second-order valence-corrected chi connectivity index (χ2v) is 5.39. The standard InChI is InChI=1S/C15H16ClFN2/c1-18-14-9-5-3-2-4-6-12(9)19-15-10(14)7-8-11(16)13(15)17/h7-8H,2-6H2,1H3,(H,18,19). The first kappa shape index (κ1) is 12.7. The molecule has 1 aliphatic carbocycles. The quantitative estimate of drug-likeness (QED) is 0.785. The number of rotatable bonds is 1. The van der Waals surface area contributed by atoms with Gasteiger partial charge in [0.2, 0.25) is 0 Å². The number of nitrogens with one attached hydrogen (secondary N) is 1. The molecule has 3 rings (SSSR count). The average Bonchev–Trinajstić information content (AvgIpc) is 2.66. The van der Waals surface area contributed by atoms with Crippen molar-refractivity contribution in [2.75, 3.05) is 12.4 Å². The summed E-state index contributed by atoms with van der Waals surface area (Å²) in [6.45, 7) is 0. The molecule has 0 radical (unpaired) electrons. The molecule has 0 saturated heterocycles. The predicted octanol–water partition coefficient (Wildman–Crippen LogP) is 4.34. The van der Waals surface area contributed by atoms with Gasteiger partial charge in [0.25, 0.3) is 0 Å². The molecule has 0 aliphatic heterocycles. The summed E-state index contributed by atoms with van der Waals surface area (Å²) in [5.41, 5.74) is 3.67. The highest BCUT2D eigenvalue weighted by atomic mass is 35.5. The number of nitrogens with zero attached hydrogens (tertiary/aromatic N) is 1. The van der Waals surface area contributed by atoms with Crippen LogP contribution in [0.2, 0.25) is 5.02 Å². The van der Waals surface area contributed by atoms with E-state index < -0.39 is 5.82 Å². The summed E-state index contributed by atoms with van der Waals surface area (Å²) >= 11 is 5.86. The molecule has 1 N–H and O–H groups in total. The third kappa shape index (κ3) is 2.06. The van der Waals surface area contributed by atoms with Crippen LogP contribution in [0.1, 0.15) is 30.5 Å². The number of fused-ring (bicyclic) bond motifs is 2. The van der Waals surface area contributed by atoms with Crippen LogP contribution in [0.5, 0.6) is 0 Å². The van der Waals surface area contributed by atoms with Crippen molar-refractivity contribution >= 4 is 28.2 Å². The third-order valence-corrected chi connectivity index (χ3v) is 4.12. The Morgan fingerprint density at radius 3 is 2.79 bits per heavy atom. The van der Waals surface area contributed by atoms with Gasteiger partial charge in [-0.2, -0.15) is 0 Å². The van der Waals surface area contributed by atoms with E-state index in [1.165, 1.54) is 18.4 Å². The van der Waals surface area contributed by atoms with Crippen LogP contribution in [0.4, 0.5) is 10.1 Å². The van der Waals surface area contributed by atoms with Crippen LogP contribution in [0, 0.1) is 5.82 Å². The van der Waals surface area contributed by atoms with E-state index in [4.69, 9.17) is 11.6 Å². The van der Waals surface area contributed by atoms with E-state index in [1.807, 2.05) is 13.1 Å². The number of aryl methyl sites for hydroxylation is 1. The van der Waals surface area contributed by atoms with Gasteiger partial charge in [0.1, 0.15) is 5.52 Å². The molecule has 4 heteroatoms. The molecule has 0 spiro atoms. The van der Waals surface area contributed by atoms with E-state index in [1.54, 1.807) is 6.07 Å². The van der Waals surface area contributed by atoms with E-state index in [0.29, 0.717) is 5.52 Å². The molecule has 0 amide bonds. The zero-order valence-corrected chi connectivity index (χ0v) is 11.6. The summed E-state index contributed by atoms with van der Waals surface area (Å²) in [7, 11) is 1.88. The minimum Gasteiger partial charge on any atom is -0.387 e. The van der Waals surface area contributed by atoms with Crippen LogP contribution < -0.4 is 5.32 Å². The molecule has 100 valence electrons. The van der Waals surface area contributed by atoms with Gasteiger partial charge in [0.15, 0.2) is 5.82 Å². The van der Waals surface area contributed by atoms with Gasteiger partial charge in [-0.05, 0) is 43.4 Å². The van der Waals surface area contributed by atoms with Crippen molar-refractivity contribution in [2.24, 2.45) is 0 Å². The molecule has 0 atom stereocenters. The van der Waals surface area contributed by atoms with Crippen molar-refractivity contribution in [3.8, 4) is 0 Å². The van der Waals surface area contributed by atoms with Crippen LogP contribution in [0.25, 0.3) is 10.9 Å². The second-order valence-electron chi connectivity index (χ2n) is 4.98. The molecule has 0 unspecified atom stereocenters. The number of anilines is 1. The van der Waals surface area contributed by atoms with Crippen LogP contribution >= 0.6 is 11.6 Å². The first-order valence-electron chi connectivity index (χ1n) is 6.69. The fraction of sp³-hybridized carbons (Fsp3) is 0.400. The Morgan fingerprint density at radius 1 is 1.21 bits per heavy atom. The first-order valence-corrected chi connectivity index (χ1v) is 7.07. The fourth-order valence-electron chi connectivity index (χ4n) is 2.89. The van der Waals surface area contributed by atoms with Crippen LogP contribution in [0.15, 0.2) is 12.1 Å². The van der Waals surface area contributed by atoms with Crippen molar-refractivity contribution in [1.82, 2.24) is 4.98 Å². The maximum absolute atomic E-state index is 14.2. The Morgan fingerprint density at radius 2 is 2.00 bits per heavy atom. The second kappa shape index (κ2) is 4.97. The fourth-order valence-corrected chi connectivity index (χ4v) is 3.05. The molecular formula is C15H16ClFN2. The van der Waals surface area contributed by atoms with Crippen molar-refractivity contribution < 1.29 is 4.39 Å². The number of halogens is 2. The SMILES string of the molecule is CNc1c2c(nc3c(F)c(Cl)ccc13)CCCCC2. The highest BCUT2D eigenvalue weighted by Crippen LogP contribution is 2.35. The van der Waals surface area contributed by atoms with Crippen LogP contribution in [0.3, 0.4) is 0 Å². The Balaban J connectivity index is 2.36. The van der Waals surface area contributed by atoms with Crippen molar-refractivity contribution in [2.45, 2.75) is 32.1 Å². The minimum atomic E-state index is -0.414. The van der Waals surface area contributed by atoms with E-state index in [-0.39, 0.29) is 5.02 Å². The number of hydrogen-bond donors (Lipinski definition) is 1. The Bertz CT molecular complexity index is 640. The van der Waals surface area contributed by atoms with E-state index in [9.17, 15) is 4.39 Å². The van der Waals surface area contributed by atoms with Gasteiger partial charge in [0.05, 0.1) is 5.02 Å². The lowest BCUT2D eigenvalue weighted by molar-refractivity contribution is 0.636. The highest BCUT2D eigenvalue weighted by Gasteiger charge is 2.19. The van der Waals surface area contributed by atoms with Gasteiger partial charge < -0.3 is 5.32 Å². The van der Waals surface area contributed by atoms with Gasteiger partial charge in [-0.3, -0.25) is 0 Å². The summed E-state index contributed by atoms with van der Waals surface area (Å²) in [5.74, 6) is -0.414. The number of hydrogen-bond acceptors (Lipinski definition) is 2. The number of aromatic nitrogens is 1. The summed E-state index contributed by atoms with van der Waals surface area (Å²) in [6, 6.07) is 3.45. The molecule has 0 saturated carbocycles. The van der Waals surface area contributed by atoms with Gasteiger partial charge in [-0.15, -0.1) is 0 Å². The Kier molecular flexibility index (Phi) is 3.31. The zero-order valence-electron chi connectivity index (χ0n) is 10.9. The molecule has 1 heterocycles. The molecule has 2 aromatic rings. The average molecular weight is 279 g/mol. The lowest BCUT2D eigenvalue weighted by Crippen LogP contribution is -2.04. The maximum Gasteiger partial charge on any atom is 0.168 e. The lowest BCUT2D eigenvalue weighted by Gasteiger charge is -2.15.